The lowest BCUT2D eigenvalue weighted by Gasteiger charge is -2.41. The van der Waals surface area contributed by atoms with E-state index in [1.54, 1.807) is 0 Å². The molecule has 2 unspecified atom stereocenters. The molecule has 0 saturated carbocycles. The first kappa shape index (κ1) is 17.2. The van der Waals surface area contributed by atoms with Crippen molar-refractivity contribution in [3.05, 3.63) is 118 Å². The molecule has 0 fully saturated rings. The quantitative estimate of drug-likeness (QED) is 0.527. The van der Waals surface area contributed by atoms with Crippen LogP contribution in [0, 0.1) is 13.8 Å². The number of benzene rings is 4. The van der Waals surface area contributed by atoms with Crippen LogP contribution >= 0.6 is 0 Å². The van der Waals surface area contributed by atoms with E-state index in [2.05, 4.69) is 0 Å². The molecule has 4 aromatic carbocycles. The Bertz CT molecular complexity index is 1130. The van der Waals surface area contributed by atoms with Gasteiger partial charge in [-0.25, -0.2) is 0 Å². The zero-order valence-electron chi connectivity index (χ0n) is 16.0. The van der Waals surface area contributed by atoms with Crippen LogP contribution in [0.15, 0.2) is 84.9 Å². The highest BCUT2D eigenvalue weighted by Crippen LogP contribution is 2.58. The zero-order chi connectivity index (χ0) is 19.5. The molecule has 28 heavy (non-hydrogen) atoms. The lowest BCUT2D eigenvalue weighted by Crippen LogP contribution is -2.47. The molecule has 2 atom stereocenters. The third-order valence-electron chi connectivity index (χ3n) is 6.08. The lowest BCUT2D eigenvalue weighted by atomic mass is 9.71. The molecule has 1 aliphatic rings. The molecule has 5 rings (SSSR count). The van der Waals surface area contributed by atoms with E-state index in [1.807, 2.05) is 98.8 Å². The number of hydrogen-bond acceptors (Lipinski definition) is 2. The van der Waals surface area contributed by atoms with Gasteiger partial charge in [-0.2, -0.15) is 0 Å². The topological polar surface area (TPSA) is 40.5 Å². The van der Waals surface area contributed by atoms with Gasteiger partial charge in [-0.3, -0.25) is 0 Å². The van der Waals surface area contributed by atoms with Crippen LogP contribution in [0.25, 0.3) is 10.8 Å². The smallest absolute Gasteiger partial charge is 0.152 e. The van der Waals surface area contributed by atoms with Crippen molar-refractivity contribution in [2.45, 2.75) is 25.0 Å². The van der Waals surface area contributed by atoms with Gasteiger partial charge in [0.25, 0.3) is 0 Å². The maximum absolute atomic E-state index is 12.3. The molecular weight excluding hydrogens is 344 g/mol. The van der Waals surface area contributed by atoms with Gasteiger partial charge in [0.1, 0.15) is 0 Å². The van der Waals surface area contributed by atoms with Crippen LogP contribution in [-0.4, -0.2) is 10.2 Å². The van der Waals surface area contributed by atoms with Gasteiger partial charge in [-0.05, 0) is 46.9 Å². The van der Waals surface area contributed by atoms with E-state index < -0.39 is 11.2 Å². The molecular formula is C26H22O2. The Morgan fingerprint density at radius 3 is 1.43 bits per heavy atom. The number of hydrogen-bond donors (Lipinski definition) is 2. The molecule has 0 heterocycles. The second-order valence-corrected chi connectivity index (χ2v) is 7.87. The first-order chi connectivity index (χ1) is 13.5. The van der Waals surface area contributed by atoms with E-state index >= 15 is 0 Å². The minimum absolute atomic E-state index is 0.695. The van der Waals surface area contributed by atoms with E-state index in [0.717, 1.165) is 33.0 Å². The van der Waals surface area contributed by atoms with Crippen LogP contribution in [0.2, 0.25) is 0 Å². The van der Waals surface area contributed by atoms with Gasteiger partial charge in [0.05, 0.1) is 0 Å². The Kier molecular flexibility index (Phi) is 3.54. The Hall–Kier alpha value is -2.94. The minimum Gasteiger partial charge on any atom is -0.377 e. The SMILES string of the molecule is Cc1cccc(C2(O)c3cccc4cccc(c34)C2(O)c2cccc(C)c2)c1. The summed E-state index contributed by atoms with van der Waals surface area (Å²) in [6.45, 7) is 4.00. The largest absolute Gasteiger partial charge is 0.377 e. The predicted molar refractivity (Wildman–Crippen MR) is 112 cm³/mol. The molecule has 0 amide bonds. The van der Waals surface area contributed by atoms with Crippen LogP contribution in [0.5, 0.6) is 0 Å². The normalized spacial score (nSPS) is 23.3. The minimum atomic E-state index is -1.59. The molecule has 0 bridgehead atoms. The molecule has 2 heteroatoms. The summed E-state index contributed by atoms with van der Waals surface area (Å²) >= 11 is 0. The van der Waals surface area contributed by atoms with E-state index in [-0.39, 0.29) is 0 Å². The van der Waals surface area contributed by atoms with Gasteiger partial charge in [0.2, 0.25) is 0 Å². The number of rotatable bonds is 2. The average molecular weight is 366 g/mol. The summed E-state index contributed by atoms with van der Waals surface area (Å²) in [5, 5.41) is 26.6. The highest BCUT2D eigenvalue weighted by Gasteiger charge is 2.59. The fourth-order valence-electron chi connectivity index (χ4n) is 4.80. The summed E-state index contributed by atoms with van der Waals surface area (Å²) in [4.78, 5) is 0. The predicted octanol–water partition coefficient (Wildman–Crippen LogP) is 4.94. The van der Waals surface area contributed by atoms with Crippen LogP contribution in [0.1, 0.15) is 33.4 Å². The van der Waals surface area contributed by atoms with Crippen LogP contribution in [-0.2, 0) is 11.2 Å². The summed E-state index contributed by atoms with van der Waals surface area (Å²) in [7, 11) is 0. The van der Waals surface area contributed by atoms with E-state index in [0.29, 0.717) is 11.1 Å². The maximum atomic E-state index is 12.3. The average Bonchev–Trinajstić information content (AvgIpc) is 2.91. The monoisotopic (exact) mass is 366 g/mol. The number of aliphatic hydroxyl groups is 2. The highest BCUT2D eigenvalue weighted by molar-refractivity contribution is 5.95. The Morgan fingerprint density at radius 2 is 1.00 bits per heavy atom. The van der Waals surface area contributed by atoms with E-state index in [4.69, 9.17) is 0 Å². The summed E-state index contributed by atoms with van der Waals surface area (Å²) in [5.74, 6) is 0. The van der Waals surface area contributed by atoms with Gasteiger partial charge < -0.3 is 10.2 Å². The Morgan fingerprint density at radius 1 is 0.571 bits per heavy atom. The van der Waals surface area contributed by atoms with Crippen molar-refractivity contribution >= 4 is 10.8 Å². The summed E-state index contributed by atoms with van der Waals surface area (Å²) in [6.07, 6.45) is 0. The van der Waals surface area contributed by atoms with Gasteiger partial charge >= 0.3 is 0 Å². The van der Waals surface area contributed by atoms with Crippen LogP contribution in [0.3, 0.4) is 0 Å². The van der Waals surface area contributed by atoms with Gasteiger partial charge in [0.15, 0.2) is 11.2 Å². The van der Waals surface area contributed by atoms with Crippen LogP contribution in [0.4, 0.5) is 0 Å². The molecule has 2 N–H and O–H groups in total. The standard InChI is InChI=1S/C26H22O2/c1-17-7-3-11-20(15-17)25(27)22-13-5-9-19-10-6-14-23(24(19)22)26(25,28)21-12-4-8-18(2)16-21/h3-16,27-28H,1-2H3. The first-order valence-electron chi connectivity index (χ1n) is 9.58. The van der Waals surface area contributed by atoms with E-state index in [9.17, 15) is 10.2 Å². The van der Waals surface area contributed by atoms with Crippen molar-refractivity contribution < 1.29 is 10.2 Å². The van der Waals surface area contributed by atoms with Crippen LogP contribution < -0.4 is 0 Å². The fourth-order valence-corrected chi connectivity index (χ4v) is 4.80. The van der Waals surface area contributed by atoms with Crippen molar-refractivity contribution in [1.82, 2.24) is 0 Å². The molecule has 0 aromatic heterocycles. The first-order valence-corrected chi connectivity index (χ1v) is 9.58. The number of aryl methyl sites for hydroxylation is 2. The van der Waals surface area contributed by atoms with Crippen molar-refractivity contribution in [1.29, 1.82) is 0 Å². The molecule has 138 valence electrons. The lowest BCUT2D eigenvalue weighted by molar-refractivity contribution is -0.105. The summed E-state index contributed by atoms with van der Waals surface area (Å²) < 4.78 is 0. The third kappa shape index (κ3) is 2.05. The van der Waals surface area contributed by atoms with Crippen molar-refractivity contribution in [2.24, 2.45) is 0 Å². The Balaban J connectivity index is 1.95. The highest BCUT2D eigenvalue weighted by atomic mass is 16.4. The molecule has 4 aromatic rings. The summed E-state index contributed by atoms with van der Waals surface area (Å²) in [5.41, 5.74) is 1.79. The second kappa shape index (κ2) is 5.78. The van der Waals surface area contributed by atoms with Crippen molar-refractivity contribution in [3.63, 3.8) is 0 Å². The molecule has 0 saturated heterocycles. The molecule has 1 aliphatic carbocycles. The van der Waals surface area contributed by atoms with Gasteiger partial charge in [-0.15, -0.1) is 0 Å². The Labute approximate surface area is 164 Å². The molecule has 0 spiro atoms. The molecule has 0 radical (unpaired) electrons. The van der Waals surface area contributed by atoms with E-state index in [1.165, 1.54) is 0 Å². The maximum Gasteiger partial charge on any atom is 0.152 e. The molecule has 0 aliphatic heterocycles. The van der Waals surface area contributed by atoms with Crippen molar-refractivity contribution in [2.75, 3.05) is 0 Å². The third-order valence-corrected chi connectivity index (χ3v) is 6.08. The fraction of sp³-hybridized carbons (Fsp3) is 0.154. The van der Waals surface area contributed by atoms with Gasteiger partial charge in [0, 0.05) is 0 Å². The summed E-state index contributed by atoms with van der Waals surface area (Å²) in [6, 6.07) is 27.4. The second-order valence-electron chi connectivity index (χ2n) is 7.87. The van der Waals surface area contributed by atoms with Gasteiger partial charge in [-0.1, -0.05) is 96.1 Å². The molecule has 2 nitrogen and oxygen atoms in total. The van der Waals surface area contributed by atoms with Crippen molar-refractivity contribution in [3.8, 4) is 0 Å². The zero-order valence-corrected chi connectivity index (χ0v) is 16.0.